The standard InChI is InChI=1S/C49H59F2N9O5/c1-30-33-10-8-11-35(26-33)49(50,51)34-18-22-57(23-19-34)20-6-4-3-5-7-21-59-45-38(44(53-30)54-31(2)55-45)27-37(48(59)65)32-16-24-58(25-17-32)43(62)28-52-40-13-9-12-36-39(40)29-60(47(36)64)41-14-15-42(61)56-46(41)63/h8-13,26-27,30,32,34,41,52H,3-7,14-25,28-29H2,1-2H3,(H,53,54,55)(H,56,61,63)/t30-,41?/m1/s1. The van der Waals surface area contributed by atoms with E-state index in [1.165, 1.54) is 4.90 Å². The van der Waals surface area contributed by atoms with Crippen LogP contribution in [0.15, 0.2) is 53.3 Å². The molecule has 3 fully saturated rings. The van der Waals surface area contributed by atoms with Gasteiger partial charge in [-0.05, 0) is 114 Å². The molecule has 1 unspecified atom stereocenters. The van der Waals surface area contributed by atoms with Gasteiger partial charge in [-0.2, -0.15) is 0 Å². The van der Waals surface area contributed by atoms with E-state index >= 15 is 8.78 Å². The van der Waals surface area contributed by atoms with Gasteiger partial charge in [0.2, 0.25) is 17.7 Å². The zero-order valence-corrected chi connectivity index (χ0v) is 37.3. The number of nitrogens with one attached hydrogen (secondary N) is 3. The zero-order valence-electron chi connectivity index (χ0n) is 37.3. The molecule has 16 heteroatoms. The highest BCUT2D eigenvalue weighted by molar-refractivity contribution is 6.06. The minimum atomic E-state index is -2.95. The highest BCUT2D eigenvalue weighted by Crippen LogP contribution is 2.43. The lowest BCUT2D eigenvalue weighted by molar-refractivity contribution is -0.137. The molecular weight excluding hydrogens is 833 g/mol. The predicted octanol–water partition coefficient (Wildman–Crippen LogP) is 6.62. The fourth-order valence-electron chi connectivity index (χ4n) is 10.7. The number of nitrogens with zero attached hydrogens (tertiary/aromatic N) is 6. The molecule has 344 valence electrons. The van der Waals surface area contributed by atoms with E-state index in [0.29, 0.717) is 109 Å². The van der Waals surface area contributed by atoms with Gasteiger partial charge < -0.3 is 25.3 Å². The van der Waals surface area contributed by atoms with E-state index in [4.69, 9.17) is 9.97 Å². The number of likely N-dealkylation sites (tertiary alicyclic amines) is 1. The van der Waals surface area contributed by atoms with E-state index in [9.17, 15) is 24.0 Å². The number of piperidine rings is 3. The summed E-state index contributed by atoms with van der Waals surface area (Å²) in [7, 11) is 0. The molecule has 3 N–H and O–H groups in total. The number of aryl methyl sites for hydroxylation is 2. The largest absolute Gasteiger partial charge is 0.376 e. The van der Waals surface area contributed by atoms with Gasteiger partial charge in [0.25, 0.3) is 17.4 Å². The first-order valence-corrected chi connectivity index (χ1v) is 23.5. The summed E-state index contributed by atoms with van der Waals surface area (Å²) in [5.41, 5.74) is 3.68. The fourth-order valence-corrected chi connectivity index (χ4v) is 10.7. The Bertz CT molecular complexity index is 2550. The number of imide groups is 1. The molecule has 2 atom stereocenters. The van der Waals surface area contributed by atoms with Gasteiger partial charge in [0, 0.05) is 72.5 Å². The van der Waals surface area contributed by atoms with Crippen LogP contribution in [0, 0.1) is 12.8 Å². The van der Waals surface area contributed by atoms with Gasteiger partial charge in [-0.3, -0.25) is 33.9 Å². The van der Waals surface area contributed by atoms with E-state index < -0.39 is 23.8 Å². The number of halogens is 2. The fraction of sp³-hybridized carbons (Fsp3) is 0.531. The molecule has 4 aromatic rings. The molecule has 3 saturated heterocycles. The first kappa shape index (κ1) is 44.4. The first-order valence-electron chi connectivity index (χ1n) is 23.5. The number of carbonyl (C=O) groups is 4. The van der Waals surface area contributed by atoms with Crippen LogP contribution in [0.2, 0.25) is 0 Å². The molecule has 2 aromatic carbocycles. The van der Waals surface area contributed by atoms with Crippen LogP contribution in [0.25, 0.3) is 11.0 Å². The third-order valence-corrected chi connectivity index (χ3v) is 14.5. The number of rotatable bonds is 5. The first-order chi connectivity index (χ1) is 31.3. The maximum atomic E-state index is 16.1. The van der Waals surface area contributed by atoms with Crippen molar-refractivity contribution < 1.29 is 28.0 Å². The minimum Gasteiger partial charge on any atom is -0.376 e. The van der Waals surface area contributed by atoms with Crippen molar-refractivity contribution in [2.75, 3.05) is 49.9 Å². The Morgan fingerprint density at radius 2 is 1.60 bits per heavy atom. The van der Waals surface area contributed by atoms with Gasteiger partial charge in [0.1, 0.15) is 23.3 Å². The molecule has 6 aliphatic heterocycles. The smallest absolute Gasteiger partial charge is 0.276 e. The number of alkyl halides is 2. The van der Waals surface area contributed by atoms with Gasteiger partial charge in [-0.25, -0.2) is 18.7 Å². The van der Waals surface area contributed by atoms with Gasteiger partial charge in [0.15, 0.2) is 0 Å². The number of amides is 4. The number of fused-ring (bicyclic) bond motifs is 10. The van der Waals surface area contributed by atoms with E-state index in [1.807, 2.05) is 25.1 Å². The lowest BCUT2D eigenvalue weighted by atomic mass is 9.85. The minimum absolute atomic E-state index is 0.000201. The van der Waals surface area contributed by atoms with Crippen LogP contribution in [0.1, 0.15) is 128 Å². The Morgan fingerprint density at radius 1 is 0.862 bits per heavy atom. The van der Waals surface area contributed by atoms with Gasteiger partial charge >= 0.3 is 0 Å². The number of hydrogen-bond acceptors (Lipinski definition) is 10. The second kappa shape index (κ2) is 18.6. The second-order valence-corrected chi connectivity index (χ2v) is 18.7. The Balaban J connectivity index is 0.927. The topological polar surface area (TPSA) is 162 Å². The van der Waals surface area contributed by atoms with Crippen molar-refractivity contribution in [2.45, 2.75) is 121 Å². The summed E-state index contributed by atoms with van der Waals surface area (Å²) >= 11 is 0. The average molecular weight is 892 g/mol. The average Bonchev–Trinajstić information content (AvgIpc) is 3.64. The molecule has 8 bridgehead atoms. The van der Waals surface area contributed by atoms with E-state index in [2.05, 4.69) is 20.9 Å². The molecule has 14 nitrogen and oxygen atoms in total. The SMILES string of the molecule is Cc1nc2c3cc(C4CCN(C(=O)CNc5cccc6c5CN(C5CCC(=O)NC5=O)C6=O)CC4)c(=O)n(c3n1)CCCCCCCN1CCC(CC1)C(F)(F)c1cccc(c1)[C@@H](C)N2. The number of anilines is 2. The van der Waals surface area contributed by atoms with Crippen molar-refractivity contribution in [2.24, 2.45) is 5.92 Å². The molecule has 2 aromatic heterocycles. The number of pyridine rings is 1. The molecular formula is C49H59F2N9O5. The normalized spacial score (nSPS) is 24.3. The number of hydrogen-bond donors (Lipinski definition) is 3. The molecule has 6 aliphatic rings. The molecule has 10 rings (SSSR count). The van der Waals surface area contributed by atoms with Crippen LogP contribution in [0.4, 0.5) is 20.3 Å². The number of aromatic nitrogens is 3. The van der Waals surface area contributed by atoms with Crippen LogP contribution < -0.4 is 21.5 Å². The van der Waals surface area contributed by atoms with Gasteiger partial charge in [-0.1, -0.05) is 43.5 Å². The van der Waals surface area contributed by atoms with Crippen LogP contribution >= 0.6 is 0 Å². The summed E-state index contributed by atoms with van der Waals surface area (Å²) < 4.78 is 34.1. The Kier molecular flexibility index (Phi) is 12.7. The highest BCUT2D eigenvalue weighted by Gasteiger charge is 2.43. The summed E-state index contributed by atoms with van der Waals surface area (Å²) in [6.07, 6.45) is 7.34. The number of carbonyl (C=O) groups excluding carboxylic acids is 4. The lowest BCUT2D eigenvalue weighted by Gasteiger charge is -2.36. The summed E-state index contributed by atoms with van der Waals surface area (Å²) in [4.78, 5) is 81.2. The van der Waals surface area contributed by atoms with Crippen LogP contribution in [0.3, 0.4) is 0 Å². The van der Waals surface area contributed by atoms with Crippen molar-refractivity contribution >= 4 is 46.2 Å². The molecule has 8 heterocycles. The van der Waals surface area contributed by atoms with Crippen molar-refractivity contribution in [3.8, 4) is 0 Å². The number of benzene rings is 2. The quantitative estimate of drug-likeness (QED) is 0.186. The monoisotopic (exact) mass is 891 g/mol. The third kappa shape index (κ3) is 9.10. The van der Waals surface area contributed by atoms with E-state index in [0.717, 1.165) is 38.6 Å². The third-order valence-electron chi connectivity index (χ3n) is 14.5. The van der Waals surface area contributed by atoms with Gasteiger partial charge in [-0.15, -0.1) is 0 Å². The summed E-state index contributed by atoms with van der Waals surface area (Å²) in [6, 6.07) is 12.8. The summed E-state index contributed by atoms with van der Waals surface area (Å²) in [5.74, 6) is -3.96. The summed E-state index contributed by atoms with van der Waals surface area (Å²) in [5, 5.41) is 9.80. The molecule has 0 aliphatic carbocycles. The Labute approximate surface area is 377 Å². The molecule has 0 spiro atoms. The lowest BCUT2D eigenvalue weighted by Crippen LogP contribution is -2.52. The van der Waals surface area contributed by atoms with Crippen LogP contribution in [-0.4, -0.2) is 98.2 Å². The molecule has 0 saturated carbocycles. The van der Waals surface area contributed by atoms with Crippen molar-refractivity contribution in [3.05, 3.63) is 92.5 Å². The Hall–Kier alpha value is -5.77. The maximum Gasteiger partial charge on any atom is 0.276 e. The molecule has 4 amide bonds. The van der Waals surface area contributed by atoms with E-state index in [-0.39, 0.29) is 66.7 Å². The van der Waals surface area contributed by atoms with Crippen molar-refractivity contribution in [1.82, 2.24) is 34.6 Å². The maximum absolute atomic E-state index is 16.1. The van der Waals surface area contributed by atoms with Crippen molar-refractivity contribution in [3.63, 3.8) is 0 Å². The summed E-state index contributed by atoms with van der Waals surface area (Å²) in [6.45, 7) is 7.61. The molecule has 65 heavy (non-hydrogen) atoms. The van der Waals surface area contributed by atoms with Crippen molar-refractivity contribution in [1.29, 1.82) is 0 Å². The molecule has 0 radical (unpaired) electrons. The Morgan fingerprint density at radius 3 is 2.37 bits per heavy atom. The van der Waals surface area contributed by atoms with E-state index in [1.54, 1.807) is 46.7 Å². The van der Waals surface area contributed by atoms with Gasteiger partial charge in [0.05, 0.1) is 11.9 Å². The van der Waals surface area contributed by atoms with Crippen LogP contribution in [-0.2, 0) is 33.4 Å². The predicted molar refractivity (Wildman–Crippen MR) is 243 cm³/mol. The zero-order chi connectivity index (χ0) is 45.4. The highest BCUT2D eigenvalue weighted by atomic mass is 19.3. The second-order valence-electron chi connectivity index (χ2n) is 18.7. The van der Waals surface area contributed by atoms with Crippen LogP contribution in [0.5, 0.6) is 0 Å².